The molecule has 0 atom stereocenters. The molecule has 2 N–H and O–H groups in total. The van der Waals surface area contributed by atoms with E-state index >= 15 is 0 Å². The molecule has 1 aliphatic rings. The topological polar surface area (TPSA) is 112 Å². The first-order valence-electron chi connectivity index (χ1n) is 10.3. The third-order valence-electron chi connectivity index (χ3n) is 5.09. The van der Waals surface area contributed by atoms with E-state index in [0.717, 1.165) is 5.56 Å². The van der Waals surface area contributed by atoms with E-state index in [4.69, 9.17) is 10.00 Å². The molecule has 164 valence electrons. The van der Waals surface area contributed by atoms with Crippen molar-refractivity contribution in [2.24, 2.45) is 5.92 Å². The second-order valence-electron chi connectivity index (χ2n) is 7.28. The Morgan fingerprint density at radius 3 is 2.44 bits per heavy atom. The van der Waals surface area contributed by atoms with Gasteiger partial charge in [0.05, 0.1) is 5.56 Å². The van der Waals surface area contributed by atoms with Crippen LogP contribution in [0.5, 0.6) is 5.75 Å². The number of para-hydroxylation sites is 1. The highest BCUT2D eigenvalue weighted by molar-refractivity contribution is 5.92. The van der Waals surface area contributed by atoms with Crippen molar-refractivity contribution in [1.29, 1.82) is 5.26 Å². The lowest BCUT2D eigenvalue weighted by atomic mass is 9.96. The molecule has 8 nitrogen and oxygen atoms in total. The minimum Gasteiger partial charge on any atom is -0.482 e. The molecule has 1 heterocycles. The number of likely N-dealkylation sites (tertiary alicyclic amines) is 1. The van der Waals surface area contributed by atoms with E-state index in [9.17, 15) is 14.4 Å². The van der Waals surface area contributed by atoms with Crippen molar-refractivity contribution in [1.82, 2.24) is 15.8 Å². The van der Waals surface area contributed by atoms with E-state index in [1.807, 2.05) is 36.4 Å². The Morgan fingerprint density at radius 1 is 1.03 bits per heavy atom. The van der Waals surface area contributed by atoms with Crippen molar-refractivity contribution in [3.63, 3.8) is 0 Å². The minimum atomic E-state index is -0.537. The van der Waals surface area contributed by atoms with Gasteiger partial charge in [-0.25, -0.2) is 0 Å². The van der Waals surface area contributed by atoms with Crippen LogP contribution < -0.4 is 15.6 Å². The number of rotatable bonds is 6. The van der Waals surface area contributed by atoms with Gasteiger partial charge >= 0.3 is 0 Å². The fourth-order valence-corrected chi connectivity index (χ4v) is 3.30. The van der Waals surface area contributed by atoms with E-state index in [0.29, 0.717) is 37.2 Å². The lowest BCUT2D eigenvalue weighted by Gasteiger charge is -2.30. The molecule has 3 rings (SSSR count). The zero-order valence-corrected chi connectivity index (χ0v) is 17.5. The van der Waals surface area contributed by atoms with Gasteiger partial charge < -0.3 is 9.64 Å². The zero-order chi connectivity index (χ0) is 22.8. The van der Waals surface area contributed by atoms with Gasteiger partial charge in [-0.2, -0.15) is 5.26 Å². The monoisotopic (exact) mass is 432 g/mol. The molecule has 1 aliphatic heterocycles. The van der Waals surface area contributed by atoms with Gasteiger partial charge in [-0.15, -0.1) is 0 Å². The van der Waals surface area contributed by atoms with Crippen LogP contribution in [-0.4, -0.2) is 42.3 Å². The molecular weight excluding hydrogens is 408 g/mol. The molecule has 0 unspecified atom stereocenters. The maximum Gasteiger partial charge on any atom is 0.276 e. The molecule has 32 heavy (non-hydrogen) atoms. The number of nitrogens with one attached hydrogen (secondary N) is 2. The fraction of sp³-hybridized carbons (Fsp3) is 0.250. The van der Waals surface area contributed by atoms with Crippen LogP contribution in [-0.2, 0) is 14.4 Å². The number of nitrogens with zero attached hydrogens (tertiary/aromatic N) is 2. The van der Waals surface area contributed by atoms with Crippen molar-refractivity contribution in [3.8, 4) is 11.8 Å². The van der Waals surface area contributed by atoms with Gasteiger partial charge in [0, 0.05) is 25.1 Å². The summed E-state index contributed by atoms with van der Waals surface area (Å²) in [6, 6.07) is 18.1. The molecule has 0 aromatic heterocycles. The first kappa shape index (κ1) is 22.6. The van der Waals surface area contributed by atoms with Crippen LogP contribution in [0, 0.1) is 17.2 Å². The number of piperidine rings is 1. The summed E-state index contributed by atoms with van der Waals surface area (Å²) in [5.74, 6) is -0.921. The highest BCUT2D eigenvalue weighted by Crippen LogP contribution is 2.18. The summed E-state index contributed by atoms with van der Waals surface area (Å²) >= 11 is 0. The number of carbonyl (C=O) groups is 3. The van der Waals surface area contributed by atoms with Crippen molar-refractivity contribution in [2.75, 3.05) is 19.7 Å². The quantitative estimate of drug-likeness (QED) is 0.536. The van der Waals surface area contributed by atoms with Gasteiger partial charge in [0.2, 0.25) is 11.8 Å². The number of hydrogen-bond acceptors (Lipinski definition) is 5. The van der Waals surface area contributed by atoms with Crippen molar-refractivity contribution in [3.05, 3.63) is 71.8 Å². The van der Waals surface area contributed by atoms with E-state index in [1.165, 1.54) is 0 Å². The Bertz CT molecular complexity index is 1020. The van der Waals surface area contributed by atoms with Crippen LogP contribution >= 0.6 is 0 Å². The first-order chi connectivity index (χ1) is 15.6. The average molecular weight is 432 g/mol. The predicted molar refractivity (Wildman–Crippen MR) is 118 cm³/mol. The summed E-state index contributed by atoms with van der Waals surface area (Å²) in [7, 11) is 0. The van der Waals surface area contributed by atoms with E-state index in [1.54, 1.807) is 41.3 Å². The number of amides is 3. The van der Waals surface area contributed by atoms with Gasteiger partial charge in [0.1, 0.15) is 11.8 Å². The van der Waals surface area contributed by atoms with Crippen molar-refractivity contribution in [2.45, 2.75) is 12.8 Å². The summed E-state index contributed by atoms with van der Waals surface area (Å²) < 4.78 is 5.33. The highest BCUT2D eigenvalue weighted by Gasteiger charge is 2.26. The lowest BCUT2D eigenvalue weighted by molar-refractivity contribution is -0.134. The number of nitriles is 1. The summed E-state index contributed by atoms with van der Waals surface area (Å²) in [6.45, 7) is 0.607. The summed E-state index contributed by atoms with van der Waals surface area (Å²) in [5.41, 5.74) is 6.00. The molecule has 0 radical (unpaired) electrons. The fourth-order valence-electron chi connectivity index (χ4n) is 3.30. The number of hydrogen-bond donors (Lipinski definition) is 2. The number of carbonyl (C=O) groups excluding carboxylic acids is 3. The Hall–Kier alpha value is -4.12. The largest absolute Gasteiger partial charge is 0.482 e. The van der Waals surface area contributed by atoms with Crippen LogP contribution in [0.15, 0.2) is 60.7 Å². The lowest BCUT2D eigenvalue weighted by Crippen LogP contribution is -2.49. The molecular formula is C24H24N4O4. The van der Waals surface area contributed by atoms with Crippen LogP contribution in [0.2, 0.25) is 0 Å². The van der Waals surface area contributed by atoms with E-state index in [-0.39, 0.29) is 24.3 Å². The van der Waals surface area contributed by atoms with Crippen LogP contribution in [0.3, 0.4) is 0 Å². The predicted octanol–water partition coefficient (Wildman–Crippen LogP) is 2.04. The standard InChI is InChI=1S/C24H24N4O4/c25-16-20-8-4-5-9-21(20)32-17-22(29)26-27-24(31)19-12-14-28(15-13-19)23(30)11-10-18-6-2-1-3-7-18/h1-11,19H,12-15,17H2,(H,26,29)(H,27,31)/b11-10+. The number of hydrazine groups is 1. The number of ether oxygens (including phenoxy) is 1. The molecule has 0 spiro atoms. The maximum absolute atomic E-state index is 12.3. The summed E-state index contributed by atoms with van der Waals surface area (Å²) in [6.07, 6.45) is 4.34. The Labute approximate surface area is 186 Å². The smallest absolute Gasteiger partial charge is 0.276 e. The molecule has 1 saturated heterocycles. The Balaban J connectivity index is 1.38. The molecule has 3 amide bonds. The highest BCUT2D eigenvalue weighted by atomic mass is 16.5. The third kappa shape index (κ3) is 6.44. The zero-order valence-electron chi connectivity index (χ0n) is 17.5. The minimum absolute atomic E-state index is 0.0872. The average Bonchev–Trinajstić information content (AvgIpc) is 2.85. The molecule has 0 aliphatic carbocycles. The molecule has 1 fully saturated rings. The van der Waals surface area contributed by atoms with Gasteiger partial charge in [0.15, 0.2) is 6.61 Å². The Morgan fingerprint density at radius 2 is 1.72 bits per heavy atom. The molecule has 0 saturated carbocycles. The number of benzene rings is 2. The summed E-state index contributed by atoms with van der Waals surface area (Å²) in [4.78, 5) is 38.3. The van der Waals surface area contributed by atoms with Crippen molar-refractivity contribution >= 4 is 23.8 Å². The molecule has 2 aromatic carbocycles. The van der Waals surface area contributed by atoms with Gasteiger partial charge in [-0.3, -0.25) is 25.2 Å². The normalized spacial score (nSPS) is 13.9. The van der Waals surface area contributed by atoms with E-state index < -0.39 is 5.91 Å². The first-order valence-corrected chi connectivity index (χ1v) is 10.3. The van der Waals surface area contributed by atoms with E-state index in [2.05, 4.69) is 10.9 Å². The molecule has 2 aromatic rings. The summed E-state index contributed by atoms with van der Waals surface area (Å²) in [5, 5.41) is 9.02. The van der Waals surface area contributed by atoms with Gasteiger partial charge in [0.25, 0.3) is 5.91 Å². The Kier molecular flexibility index (Phi) is 7.98. The van der Waals surface area contributed by atoms with Crippen molar-refractivity contribution < 1.29 is 19.1 Å². The van der Waals surface area contributed by atoms with Crippen LogP contribution in [0.4, 0.5) is 0 Å². The second-order valence-corrected chi connectivity index (χ2v) is 7.28. The van der Waals surface area contributed by atoms with Crippen LogP contribution in [0.1, 0.15) is 24.0 Å². The van der Waals surface area contributed by atoms with Gasteiger partial charge in [-0.1, -0.05) is 42.5 Å². The molecule has 0 bridgehead atoms. The second kappa shape index (κ2) is 11.3. The third-order valence-corrected chi connectivity index (χ3v) is 5.09. The maximum atomic E-state index is 12.3. The van der Waals surface area contributed by atoms with Crippen LogP contribution in [0.25, 0.3) is 6.08 Å². The van der Waals surface area contributed by atoms with Gasteiger partial charge in [-0.05, 0) is 36.6 Å². The molecule has 8 heteroatoms. The SMILES string of the molecule is N#Cc1ccccc1OCC(=O)NNC(=O)C1CCN(C(=O)/C=C/c2ccccc2)CC1.